The molecule has 22 N–H and O–H groups in total. The minimum absolute atomic E-state index is 0.00497. The maximum absolute atomic E-state index is 15.5. The summed E-state index contributed by atoms with van der Waals surface area (Å²) in [4.78, 5) is 286. The molecule has 1 unspecified atom stereocenters. The number of benzene rings is 2. The standard InChI is InChI=1S/C86H126N22O23/c1-45(2)38-52(87)72(116)93-53(24-29-67(88)110)73(117)98-58(39-46(3)4)75(119)95-55(25-30-68(89)111)81(125)105-35-11-18-64(105)78(122)101-61(41-48-14-8-7-9-15-48)85(129)108-44-50(102-103-92)43-66(108)80(124)96-56(26-31-69(90)112)82(126)104-34-10-16-62(104)76(120)94-54(28-33-71(114)115)74(118)99-59(40-47(5)6)83(127)106-36-13-19-65(106)79(123)100-60(42-49-20-22-51(109)23-21-49)84(128)107-37-12-17-63(107)77(121)97-57(86(130)131)27-32-70(91)113/h7-9,14-15,20-23,45-47,50,52-66,109H,10-13,16-19,24-44,87H2,1-6H3,(H2,88,110)(H2,89,111)(H2,90,112)(H2,91,113)(H,93,116)(H,94,120)(H,95,119)(H,96,124)(H,97,121)(H,98,117)(H,99,118)(H,100,123)(H,101,122)(H,114,115)(H,130,131)/t50?,52-,53-,54-,55-,56-,57-,58-,59-,60-,61-,62-,63-,64-,65-,66-/m0/s1. The van der Waals surface area contributed by atoms with Gasteiger partial charge in [-0.15, -0.1) is 0 Å². The number of phenolic OH excluding ortho intramolecular Hbond substituents is 1. The van der Waals surface area contributed by atoms with E-state index in [0.717, 1.165) is 14.7 Å². The molecule has 0 bridgehead atoms. The maximum atomic E-state index is 15.5. The van der Waals surface area contributed by atoms with Crippen LogP contribution in [-0.2, 0) is 109 Å². The van der Waals surface area contributed by atoms with Crippen LogP contribution in [0.2, 0.25) is 0 Å². The van der Waals surface area contributed by atoms with Gasteiger partial charge in [0.25, 0.3) is 0 Å². The van der Waals surface area contributed by atoms with E-state index in [1.807, 2.05) is 13.8 Å². The second-order valence-corrected chi connectivity index (χ2v) is 35.3. The fraction of sp³-hybridized carbons (Fsp3) is 0.628. The van der Waals surface area contributed by atoms with Gasteiger partial charge in [-0.05, 0) is 156 Å². The largest absolute Gasteiger partial charge is 0.508 e. The zero-order valence-corrected chi connectivity index (χ0v) is 74.6. The van der Waals surface area contributed by atoms with Crippen molar-refractivity contribution in [2.45, 2.75) is 292 Å². The van der Waals surface area contributed by atoms with Crippen LogP contribution in [0, 0.1) is 17.8 Å². The highest BCUT2D eigenvalue weighted by Crippen LogP contribution is 2.30. The van der Waals surface area contributed by atoms with E-state index < -0.39 is 260 Å². The Hall–Kier alpha value is -13.1. The Morgan fingerprint density at radius 1 is 0.389 bits per heavy atom. The molecule has 0 aromatic heterocycles. The van der Waals surface area contributed by atoms with E-state index in [-0.39, 0.29) is 159 Å². The van der Waals surface area contributed by atoms with E-state index in [1.165, 1.54) is 34.1 Å². The third-order valence-electron chi connectivity index (χ3n) is 23.5. The van der Waals surface area contributed by atoms with Gasteiger partial charge in [0.05, 0.1) is 12.1 Å². The quantitative estimate of drug-likeness (QED) is 0.0182. The Bertz CT molecular complexity index is 4530. The lowest BCUT2D eigenvalue weighted by atomic mass is 10.00. The van der Waals surface area contributed by atoms with Gasteiger partial charge in [0, 0.05) is 82.6 Å². The number of hydrogen-bond acceptors (Lipinski definition) is 23. The molecule has 7 rings (SSSR count). The number of rotatable bonds is 50. The number of carbonyl (C=O) groups is 20. The molecule has 5 heterocycles. The number of nitrogens with zero attached hydrogens (tertiary/aromatic N) is 8. The van der Waals surface area contributed by atoms with E-state index in [2.05, 4.69) is 57.9 Å². The number of hydrogen-bond donors (Lipinski definition) is 17. The van der Waals surface area contributed by atoms with Crippen molar-refractivity contribution >= 4 is 118 Å². The van der Waals surface area contributed by atoms with E-state index in [4.69, 9.17) is 28.7 Å². The first-order valence-corrected chi connectivity index (χ1v) is 44.4. The van der Waals surface area contributed by atoms with Crippen LogP contribution in [-0.4, -0.2) is 287 Å². The Kier molecular flexibility index (Phi) is 40.2. The summed E-state index contributed by atoms with van der Waals surface area (Å²) in [7, 11) is 0. The molecule has 5 saturated heterocycles. The summed E-state index contributed by atoms with van der Waals surface area (Å²) in [5, 5.41) is 57.3. The van der Waals surface area contributed by atoms with Gasteiger partial charge >= 0.3 is 11.9 Å². The number of nitrogens with one attached hydrogen (secondary N) is 9. The van der Waals surface area contributed by atoms with E-state index >= 15 is 19.2 Å². The molecule has 131 heavy (non-hydrogen) atoms. The van der Waals surface area contributed by atoms with Crippen LogP contribution < -0.4 is 76.5 Å². The SMILES string of the molecule is CC(C)C[C@H](NC(=O)[C@H](CCC(N)=O)NC(=O)[C@@H](N)CC(C)C)C(=O)N[C@@H](CCC(N)=O)C(=O)N1CCC[C@H]1C(=O)N[C@@H](Cc1ccccc1)C(=O)N1CC(N=[N+]=[N-])C[C@H]1C(=O)N[C@@H](CCC(N)=O)C(=O)N1CCC[C@H]1C(=O)N[C@@H](CCC(=O)O)C(=O)N[C@@H](CC(C)C)C(=O)N1CCC[C@H]1C(=O)N[C@@H](Cc1ccc(O)cc1)C(=O)N1CCC[C@H]1C(=O)N[C@@H](CCC(N)=O)C(=O)O. The highest BCUT2D eigenvalue weighted by atomic mass is 16.4. The van der Waals surface area contributed by atoms with Gasteiger partial charge in [-0.2, -0.15) is 0 Å². The monoisotopic (exact) mass is 1830 g/mol. The summed E-state index contributed by atoms with van der Waals surface area (Å²) >= 11 is 0. The lowest BCUT2D eigenvalue weighted by Gasteiger charge is -2.33. The lowest BCUT2D eigenvalue weighted by molar-refractivity contribution is -0.146. The first-order chi connectivity index (χ1) is 61.9. The van der Waals surface area contributed by atoms with Crippen molar-refractivity contribution in [3.63, 3.8) is 0 Å². The first-order valence-electron chi connectivity index (χ1n) is 44.4. The number of aliphatic carboxylic acids is 2. The molecule has 45 heteroatoms. The number of phenols is 1. The molecule has 0 radical (unpaired) electrons. The van der Waals surface area contributed by atoms with Gasteiger partial charge in [-0.1, -0.05) is 89.1 Å². The molecule has 18 amide bonds. The second kappa shape index (κ2) is 50.2. The number of carboxylic acids is 2. The minimum Gasteiger partial charge on any atom is -0.508 e. The summed E-state index contributed by atoms with van der Waals surface area (Å²) in [5.41, 5.74) is 38.7. The minimum atomic E-state index is -1.73. The zero-order chi connectivity index (χ0) is 96.8. The number of azide groups is 1. The number of aromatic hydroxyl groups is 1. The molecule has 0 aliphatic carbocycles. The molecular formula is C86H126N22O23. The number of amides is 18. The Labute approximate surface area is 757 Å². The van der Waals surface area contributed by atoms with Gasteiger partial charge < -0.3 is 116 Å². The van der Waals surface area contributed by atoms with Crippen LogP contribution in [0.3, 0.4) is 0 Å². The van der Waals surface area contributed by atoms with E-state index in [1.54, 1.807) is 58.0 Å². The molecular weight excluding hydrogens is 1710 g/mol. The van der Waals surface area contributed by atoms with Crippen molar-refractivity contribution < 1.29 is 111 Å². The van der Waals surface area contributed by atoms with Crippen LogP contribution in [0.1, 0.15) is 194 Å². The molecule has 2 aromatic carbocycles. The Balaban J connectivity index is 1.08. The average Bonchev–Trinajstić information content (AvgIpc) is 1.67. The predicted octanol–water partition coefficient (Wildman–Crippen LogP) is -2.74. The molecule has 16 atom stereocenters. The van der Waals surface area contributed by atoms with Crippen molar-refractivity contribution in [2.75, 3.05) is 32.7 Å². The van der Waals surface area contributed by atoms with Crippen LogP contribution in [0.4, 0.5) is 0 Å². The van der Waals surface area contributed by atoms with Gasteiger partial charge in [0.1, 0.15) is 90.3 Å². The highest BCUT2D eigenvalue weighted by molar-refractivity contribution is 6.02. The fourth-order valence-corrected chi connectivity index (χ4v) is 17.0. The molecule has 5 aliphatic heterocycles. The molecule has 0 saturated carbocycles. The normalized spacial score (nSPS) is 19.9. The summed E-state index contributed by atoms with van der Waals surface area (Å²) < 4.78 is 0. The van der Waals surface area contributed by atoms with Gasteiger partial charge in [-0.3, -0.25) is 91.1 Å². The molecule has 2 aromatic rings. The van der Waals surface area contributed by atoms with Crippen molar-refractivity contribution in [3.05, 3.63) is 76.2 Å². The van der Waals surface area contributed by atoms with Gasteiger partial charge in [0.15, 0.2) is 0 Å². The van der Waals surface area contributed by atoms with Gasteiger partial charge in [0.2, 0.25) is 106 Å². The number of likely N-dealkylation sites (tertiary alicyclic amines) is 5. The number of nitrogens with two attached hydrogens (primary N) is 5. The number of carbonyl (C=O) groups excluding carboxylic acids is 18. The van der Waals surface area contributed by atoms with Crippen LogP contribution in [0.15, 0.2) is 59.7 Å². The number of primary amides is 4. The molecule has 718 valence electrons. The highest BCUT2D eigenvalue weighted by Gasteiger charge is 2.49. The third kappa shape index (κ3) is 31.6. The summed E-state index contributed by atoms with van der Waals surface area (Å²) in [5.74, 6) is -19.4. The molecule has 5 fully saturated rings. The molecule has 5 aliphatic rings. The summed E-state index contributed by atoms with van der Waals surface area (Å²) in [6.45, 7) is 9.87. The topological polar surface area (TPSA) is 705 Å². The molecule has 0 spiro atoms. The average molecular weight is 1840 g/mol. The Morgan fingerprint density at radius 2 is 0.710 bits per heavy atom. The Morgan fingerprint density at radius 3 is 1.13 bits per heavy atom. The smallest absolute Gasteiger partial charge is 0.326 e. The maximum Gasteiger partial charge on any atom is 0.326 e. The number of carboxylic acid groups (broad SMARTS) is 2. The van der Waals surface area contributed by atoms with Crippen LogP contribution >= 0.6 is 0 Å². The molecule has 45 nitrogen and oxygen atoms in total. The van der Waals surface area contributed by atoms with Crippen molar-refractivity contribution in [1.82, 2.24) is 72.4 Å². The summed E-state index contributed by atoms with van der Waals surface area (Å²) in [6, 6.07) is -8.90. The lowest BCUT2D eigenvalue weighted by Crippen LogP contribution is -2.61. The van der Waals surface area contributed by atoms with Crippen LogP contribution in [0.25, 0.3) is 10.4 Å². The van der Waals surface area contributed by atoms with E-state index in [9.17, 15) is 97.6 Å². The van der Waals surface area contributed by atoms with Crippen LogP contribution in [0.5, 0.6) is 5.75 Å². The van der Waals surface area contributed by atoms with Crippen molar-refractivity contribution in [2.24, 2.45) is 51.5 Å². The zero-order valence-electron chi connectivity index (χ0n) is 74.6. The predicted molar refractivity (Wildman–Crippen MR) is 466 cm³/mol. The van der Waals surface area contributed by atoms with Gasteiger partial charge in [-0.25, -0.2) is 4.79 Å². The summed E-state index contributed by atoms with van der Waals surface area (Å²) in [6.07, 6.45) is -4.29. The first kappa shape index (κ1) is 105. The third-order valence-corrected chi connectivity index (χ3v) is 23.5. The van der Waals surface area contributed by atoms with Crippen molar-refractivity contribution in [3.8, 4) is 5.75 Å². The fourth-order valence-electron chi connectivity index (χ4n) is 17.0. The second-order valence-electron chi connectivity index (χ2n) is 35.3. The van der Waals surface area contributed by atoms with Crippen molar-refractivity contribution in [1.29, 1.82) is 0 Å². The van der Waals surface area contributed by atoms with E-state index in [0.29, 0.717) is 17.5 Å².